The van der Waals surface area contributed by atoms with Crippen molar-refractivity contribution in [2.45, 2.75) is 0 Å². The van der Waals surface area contributed by atoms with Gasteiger partial charge in [0.2, 0.25) is 6.71 Å². The molecule has 0 N–H and O–H groups in total. The molecule has 0 fully saturated rings. The van der Waals surface area contributed by atoms with E-state index in [-0.39, 0.29) is 6.71 Å². The fourth-order valence-corrected chi connectivity index (χ4v) is 4.85. The molecule has 0 radical (unpaired) electrons. The molecule has 28 heavy (non-hydrogen) atoms. The summed E-state index contributed by atoms with van der Waals surface area (Å²) < 4.78 is 0. The van der Waals surface area contributed by atoms with Gasteiger partial charge in [0, 0.05) is 11.4 Å². The summed E-state index contributed by atoms with van der Waals surface area (Å²) in [7, 11) is 0. The Kier molecular flexibility index (Phi) is 3.07. The number of fused-ring (bicyclic) bond motifs is 5. The van der Waals surface area contributed by atoms with Gasteiger partial charge in [0.1, 0.15) is 6.07 Å². The van der Waals surface area contributed by atoms with Gasteiger partial charge in [-0.2, -0.15) is 5.26 Å². The Morgan fingerprint density at radius 2 is 1.25 bits per heavy atom. The van der Waals surface area contributed by atoms with Crippen LogP contribution in [0.3, 0.4) is 0 Å². The van der Waals surface area contributed by atoms with Crippen LogP contribution >= 0.6 is 0 Å². The molecule has 0 amide bonds. The van der Waals surface area contributed by atoms with Crippen LogP contribution in [0.15, 0.2) is 91.0 Å². The van der Waals surface area contributed by atoms with Gasteiger partial charge in [-0.05, 0) is 46.3 Å². The van der Waals surface area contributed by atoms with Crippen LogP contribution in [-0.2, 0) is 0 Å². The van der Waals surface area contributed by atoms with E-state index in [1.54, 1.807) is 0 Å². The molecule has 2 aliphatic heterocycles. The molecule has 0 atom stereocenters. The highest BCUT2D eigenvalue weighted by Crippen LogP contribution is 2.41. The highest BCUT2D eigenvalue weighted by Gasteiger charge is 2.42. The predicted octanol–water partition coefficient (Wildman–Crippen LogP) is 3.84. The summed E-state index contributed by atoms with van der Waals surface area (Å²) in [6, 6.07) is 34.1. The first kappa shape index (κ1) is 15.3. The Labute approximate surface area is 164 Å². The smallest absolute Gasteiger partial charge is 0.248 e. The fraction of sp³-hybridized carbons (Fsp3) is 0. The second kappa shape index (κ2) is 5.61. The third kappa shape index (κ3) is 1.87. The van der Waals surface area contributed by atoms with E-state index in [2.05, 4.69) is 77.7 Å². The first-order valence-corrected chi connectivity index (χ1v) is 9.49. The van der Waals surface area contributed by atoms with E-state index >= 15 is 0 Å². The highest BCUT2D eigenvalue weighted by molar-refractivity contribution is 7.01. The quantitative estimate of drug-likeness (QED) is 0.420. The lowest BCUT2D eigenvalue weighted by Crippen LogP contribution is -2.54. The summed E-state index contributed by atoms with van der Waals surface area (Å²) in [5, 5.41) is 9.73. The van der Waals surface area contributed by atoms with E-state index in [9.17, 15) is 5.26 Å². The number of benzene rings is 4. The lowest BCUT2D eigenvalue weighted by Gasteiger charge is -2.36. The molecule has 0 spiro atoms. The van der Waals surface area contributed by atoms with Crippen LogP contribution in [0.2, 0.25) is 0 Å². The van der Waals surface area contributed by atoms with Crippen molar-refractivity contribution in [3.05, 3.63) is 96.6 Å². The minimum absolute atomic E-state index is 0.240. The zero-order valence-electron chi connectivity index (χ0n) is 15.1. The number of anilines is 3. The van der Waals surface area contributed by atoms with Gasteiger partial charge in [0.05, 0.1) is 11.3 Å². The molecule has 2 nitrogen and oxygen atoms in total. The van der Waals surface area contributed by atoms with Crippen molar-refractivity contribution in [3.63, 3.8) is 0 Å². The number of nitrogens with zero attached hydrogens (tertiary/aromatic N) is 2. The van der Waals surface area contributed by atoms with Gasteiger partial charge < -0.3 is 4.90 Å². The number of para-hydroxylation sites is 2. The molecular formula is C25H15BN2. The van der Waals surface area contributed by atoms with E-state index in [1.807, 2.05) is 24.3 Å². The van der Waals surface area contributed by atoms with Gasteiger partial charge >= 0.3 is 0 Å². The van der Waals surface area contributed by atoms with E-state index in [1.165, 1.54) is 33.2 Å². The van der Waals surface area contributed by atoms with Crippen molar-refractivity contribution in [1.82, 2.24) is 0 Å². The normalized spacial score (nSPS) is 12.8. The summed E-state index contributed by atoms with van der Waals surface area (Å²) in [5.74, 6) is 0. The highest BCUT2D eigenvalue weighted by atomic mass is 15.2. The zero-order chi connectivity index (χ0) is 18.7. The van der Waals surface area contributed by atoms with Crippen molar-refractivity contribution < 1.29 is 0 Å². The second-order valence-electron chi connectivity index (χ2n) is 7.28. The summed E-state index contributed by atoms with van der Waals surface area (Å²) >= 11 is 0. The van der Waals surface area contributed by atoms with Crippen molar-refractivity contribution >= 4 is 40.2 Å². The predicted molar refractivity (Wildman–Crippen MR) is 116 cm³/mol. The molecule has 2 aliphatic rings. The Balaban J connectivity index is 1.73. The maximum absolute atomic E-state index is 9.73. The monoisotopic (exact) mass is 354 g/mol. The van der Waals surface area contributed by atoms with Crippen molar-refractivity contribution in [2.24, 2.45) is 0 Å². The van der Waals surface area contributed by atoms with Crippen LogP contribution in [0.25, 0.3) is 11.1 Å². The summed E-state index contributed by atoms with van der Waals surface area (Å²) in [6.07, 6.45) is 0. The van der Waals surface area contributed by atoms with Gasteiger partial charge in [-0.15, -0.1) is 0 Å². The molecule has 0 bridgehead atoms. The first-order valence-electron chi connectivity index (χ1n) is 9.49. The van der Waals surface area contributed by atoms with Crippen LogP contribution in [0.1, 0.15) is 5.56 Å². The molecule has 0 aromatic heterocycles. The fourth-order valence-electron chi connectivity index (χ4n) is 4.85. The SMILES string of the molecule is N#Cc1ccccc1N1c2ccccc2B2c3ccccc3-c3cccc1c32. The second-order valence-corrected chi connectivity index (χ2v) is 7.28. The average molecular weight is 354 g/mol. The third-order valence-electron chi connectivity index (χ3n) is 5.93. The molecule has 0 aliphatic carbocycles. The molecule has 0 saturated heterocycles. The molecule has 6 rings (SSSR count). The average Bonchev–Trinajstić information content (AvgIpc) is 3.10. The van der Waals surface area contributed by atoms with Gasteiger partial charge in [0.25, 0.3) is 0 Å². The maximum atomic E-state index is 9.73. The van der Waals surface area contributed by atoms with Crippen LogP contribution in [0.4, 0.5) is 17.1 Å². The van der Waals surface area contributed by atoms with E-state index in [0.29, 0.717) is 5.56 Å². The largest absolute Gasteiger partial charge is 0.310 e. The molecule has 128 valence electrons. The number of hydrogen-bond donors (Lipinski definition) is 0. The third-order valence-corrected chi connectivity index (χ3v) is 5.93. The summed E-state index contributed by atoms with van der Waals surface area (Å²) in [5.41, 5.74) is 10.5. The molecule has 3 heteroatoms. The van der Waals surface area contributed by atoms with Crippen LogP contribution in [0, 0.1) is 11.3 Å². The van der Waals surface area contributed by atoms with Gasteiger partial charge in [-0.1, -0.05) is 72.2 Å². The maximum Gasteiger partial charge on any atom is 0.248 e. The standard InChI is InChI=1S/C25H15BN2/c27-16-17-8-1-5-13-22(17)28-23-14-6-4-12-21(23)26-20-11-3-2-9-18(20)19-10-7-15-24(28)25(19)26/h1-15H. The Bertz CT molecular complexity index is 1300. The molecule has 0 unspecified atom stereocenters. The van der Waals surface area contributed by atoms with Crippen molar-refractivity contribution in [1.29, 1.82) is 5.26 Å². The molecule has 4 aromatic carbocycles. The van der Waals surface area contributed by atoms with Crippen molar-refractivity contribution in [2.75, 3.05) is 4.90 Å². The van der Waals surface area contributed by atoms with Gasteiger partial charge in [-0.25, -0.2) is 0 Å². The Morgan fingerprint density at radius 3 is 2.11 bits per heavy atom. The summed E-state index contributed by atoms with van der Waals surface area (Å²) in [6.45, 7) is 0.240. The molecule has 2 heterocycles. The van der Waals surface area contributed by atoms with E-state index < -0.39 is 0 Å². The lowest BCUT2D eigenvalue weighted by atomic mass is 9.37. The van der Waals surface area contributed by atoms with E-state index in [0.717, 1.165) is 11.4 Å². The van der Waals surface area contributed by atoms with Crippen molar-refractivity contribution in [3.8, 4) is 17.2 Å². The van der Waals surface area contributed by atoms with Gasteiger partial charge in [-0.3, -0.25) is 0 Å². The summed E-state index contributed by atoms with van der Waals surface area (Å²) in [4.78, 5) is 2.26. The van der Waals surface area contributed by atoms with E-state index in [4.69, 9.17) is 0 Å². The topological polar surface area (TPSA) is 27.0 Å². The van der Waals surface area contributed by atoms with Gasteiger partial charge in [0.15, 0.2) is 0 Å². The zero-order valence-corrected chi connectivity index (χ0v) is 15.1. The minimum atomic E-state index is 0.240. The Hall–Kier alpha value is -3.77. The number of nitriles is 1. The number of rotatable bonds is 1. The first-order chi connectivity index (χ1) is 13.9. The molecular weight excluding hydrogens is 339 g/mol. The molecule has 4 aromatic rings. The van der Waals surface area contributed by atoms with Crippen LogP contribution in [0.5, 0.6) is 0 Å². The minimum Gasteiger partial charge on any atom is -0.310 e. The number of hydrogen-bond acceptors (Lipinski definition) is 2. The Morgan fingerprint density at radius 1 is 0.607 bits per heavy atom. The van der Waals surface area contributed by atoms with Crippen LogP contribution in [-0.4, -0.2) is 6.71 Å². The molecule has 0 saturated carbocycles. The van der Waals surface area contributed by atoms with Crippen LogP contribution < -0.4 is 21.3 Å². The lowest BCUT2D eigenvalue weighted by molar-refractivity contribution is 1.28.